The van der Waals surface area contributed by atoms with Crippen LogP contribution in [-0.4, -0.2) is 54.0 Å². The zero-order valence-electron chi connectivity index (χ0n) is 16.4. The van der Waals surface area contributed by atoms with E-state index >= 15 is 0 Å². The van der Waals surface area contributed by atoms with Crippen LogP contribution in [0.3, 0.4) is 0 Å². The van der Waals surface area contributed by atoms with Crippen LogP contribution in [0.2, 0.25) is 0 Å². The van der Waals surface area contributed by atoms with Gasteiger partial charge in [-0.1, -0.05) is 18.2 Å². The van der Waals surface area contributed by atoms with Crippen LogP contribution in [0.4, 0.5) is 0 Å². The number of halogens is 1. The van der Waals surface area contributed by atoms with Crippen molar-refractivity contribution in [2.24, 2.45) is 10.9 Å². The van der Waals surface area contributed by atoms with Gasteiger partial charge in [-0.05, 0) is 38.0 Å². The number of aryl methyl sites for hydroxylation is 1. The Morgan fingerprint density at radius 3 is 2.85 bits per heavy atom. The Hall–Kier alpha value is -1.61. The van der Waals surface area contributed by atoms with E-state index in [1.807, 2.05) is 29.9 Å². The maximum absolute atomic E-state index is 5.50. The molecule has 2 heterocycles. The van der Waals surface area contributed by atoms with Crippen molar-refractivity contribution < 1.29 is 4.74 Å². The molecule has 3 rings (SSSR count). The quantitative estimate of drug-likeness (QED) is 0.390. The van der Waals surface area contributed by atoms with Crippen molar-refractivity contribution in [3.8, 4) is 5.69 Å². The molecule has 7 heteroatoms. The van der Waals surface area contributed by atoms with Crippen LogP contribution < -0.4 is 5.32 Å². The second kappa shape index (κ2) is 10.7. The first kappa shape index (κ1) is 21.7. The number of nitrogens with one attached hydrogen (secondary N) is 1. The molecular formula is C20H30IN5O. The molecule has 0 amide bonds. The molecule has 1 N–H and O–H groups in total. The van der Waals surface area contributed by atoms with Crippen molar-refractivity contribution in [2.45, 2.75) is 26.8 Å². The van der Waals surface area contributed by atoms with Crippen molar-refractivity contribution in [3.05, 3.63) is 47.8 Å². The molecule has 1 fully saturated rings. The van der Waals surface area contributed by atoms with E-state index in [2.05, 4.69) is 47.5 Å². The highest BCUT2D eigenvalue weighted by Crippen LogP contribution is 2.16. The van der Waals surface area contributed by atoms with E-state index in [0.29, 0.717) is 12.5 Å². The van der Waals surface area contributed by atoms with Gasteiger partial charge in [0.05, 0.1) is 24.5 Å². The average Bonchev–Trinajstić information content (AvgIpc) is 3.30. The number of hydrogen-bond acceptors (Lipinski definition) is 3. The Balaban J connectivity index is 0.00000261. The summed E-state index contributed by atoms with van der Waals surface area (Å²) >= 11 is 0. The minimum absolute atomic E-state index is 0. The third-order valence-electron chi connectivity index (χ3n) is 4.61. The lowest BCUT2D eigenvalue weighted by Crippen LogP contribution is -2.41. The molecule has 27 heavy (non-hydrogen) atoms. The van der Waals surface area contributed by atoms with Crippen molar-refractivity contribution >= 4 is 29.9 Å². The largest absolute Gasteiger partial charge is 0.381 e. The van der Waals surface area contributed by atoms with Crippen LogP contribution in [0, 0.1) is 12.8 Å². The average molecular weight is 483 g/mol. The summed E-state index contributed by atoms with van der Waals surface area (Å²) in [6.45, 7) is 8.26. The van der Waals surface area contributed by atoms with Crippen LogP contribution in [0.1, 0.15) is 24.6 Å². The summed E-state index contributed by atoms with van der Waals surface area (Å²) in [6.07, 6.45) is 3.13. The Morgan fingerprint density at radius 1 is 1.37 bits per heavy atom. The predicted molar refractivity (Wildman–Crippen MR) is 120 cm³/mol. The molecule has 0 spiro atoms. The fourth-order valence-electron chi connectivity index (χ4n) is 3.25. The van der Waals surface area contributed by atoms with Gasteiger partial charge in [-0.25, -0.2) is 9.67 Å². The number of nitrogens with zero attached hydrogens (tertiary/aromatic N) is 4. The molecule has 1 aromatic carbocycles. The molecule has 6 nitrogen and oxygen atoms in total. The van der Waals surface area contributed by atoms with E-state index in [-0.39, 0.29) is 24.0 Å². The number of aromatic nitrogens is 2. The highest BCUT2D eigenvalue weighted by Gasteiger charge is 2.19. The molecule has 0 aliphatic carbocycles. The molecule has 1 aliphatic heterocycles. The first-order valence-electron chi connectivity index (χ1n) is 9.35. The lowest BCUT2D eigenvalue weighted by Gasteiger charge is -2.24. The molecule has 1 unspecified atom stereocenters. The van der Waals surface area contributed by atoms with Gasteiger partial charge in [0.25, 0.3) is 0 Å². The van der Waals surface area contributed by atoms with Gasteiger partial charge in [0.15, 0.2) is 5.96 Å². The first-order chi connectivity index (χ1) is 12.7. The van der Waals surface area contributed by atoms with Gasteiger partial charge in [0, 0.05) is 38.9 Å². The molecule has 0 saturated carbocycles. The van der Waals surface area contributed by atoms with Gasteiger partial charge in [-0.3, -0.25) is 0 Å². The standard InChI is InChI=1S/C20H29N5O.HI/c1-4-21-20(24(3)14-17-10-12-26-15-17)22-13-18-7-5-6-8-19(18)25-11-9-16(2)23-25;/h5-9,11,17H,4,10,12-15H2,1-3H3,(H,21,22);1H. The Morgan fingerprint density at radius 2 is 2.19 bits per heavy atom. The maximum Gasteiger partial charge on any atom is 0.193 e. The molecule has 0 radical (unpaired) electrons. The fourth-order valence-corrected chi connectivity index (χ4v) is 3.25. The second-order valence-corrected chi connectivity index (χ2v) is 6.81. The Bertz CT molecular complexity index is 739. The van der Waals surface area contributed by atoms with Crippen molar-refractivity contribution in [2.75, 3.05) is 33.4 Å². The zero-order valence-corrected chi connectivity index (χ0v) is 18.7. The molecule has 2 aromatic rings. The van der Waals surface area contributed by atoms with E-state index < -0.39 is 0 Å². The maximum atomic E-state index is 5.50. The third kappa shape index (κ3) is 5.93. The molecule has 1 aliphatic rings. The predicted octanol–water partition coefficient (Wildman–Crippen LogP) is 3.23. The minimum Gasteiger partial charge on any atom is -0.381 e. The third-order valence-corrected chi connectivity index (χ3v) is 4.61. The molecule has 1 saturated heterocycles. The summed E-state index contributed by atoms with van der Waals surface area (Å²) in [5.74, 6) is 1.52. The van der Waals surface area contributed by atoms with Crippen molar-refractivity contribution in [3.63, 3.8) is 0 Å². The SMILES string of the molecule is CCNC(=NCc1ccccc1-n1ccc(C)n1)N(C)CC1CCOC1.I. The summed E-state index contributed by atoms with van der Waals surface area (Å²) < 4.78 is 7.42. The van der Waals surface area contributed by atoms with Gasteiger partial charge in [0.2, 0.25) is 0 Å². The van der Waals surface area contributed by atoms with Crippen molar-refractivity contribution in [1.82, 2.24) is 20.0 Å². The van der Waals surface area contributed by atoms with Gasteiger partial charge in [0.1, 0.15) is 0 Å². The van der Waals surface area contributed by atoms with Gasteiger partial charge in [-0.15, -0.1) is 24.0 Å². The number of rotatable bonds is 6. The summed E-state index contributed by atoms with van der Waals surface area (Å²) in [5, 5.41) is 7.94. The number of ether oxygens (including phenoxy) is 1. The topological polar surface area (TPSA) is 54.7 Å². The number of hydrogen-bond donors (Lipinski definition) is 1. The lowest BCUT2D eigenvalue weighted by molar-refractivity contribution is 0.181. The highest BCUT2D eigenvalue weighted by molar-refractivity contribution is 14.0. The lowest BCUT2D eigenvalue weighted by atomic mass is 10.1. The van der Waals surface area contributed by atoms with E-state index in [9.17, 15) is 0 Å². The Labute approximate surface area is 179 Å². The summed E-state index contributed by atoms with van der Waals surface area (Å²) in [7, 11) is 2.10. The van der Waals surface area contributed by atoms with Crippen LogP contribution in [0.25, 0.3) is 5.69 Å². The van der Waals surface area contributed by atoms with Crippen molar-refractivity contribution in [1.29, 1.82) is 0 Å². The van der Waals surface area contributed by atoms with E-state index in [0.717, 1.165) is 55.6 Å². The number of aliphatic imine (C=N–C) groups is 1. The molecule has 1 atom stereocenters. The van der Waals surface area contributed by atoms with Gasteiger partial charge in [-0.2, -0.15) is 5.10 Å². The number of para-hydroxylation sites is 1. The van der Waals surface area contributed by atoms with E-state index in [1.165, 1.54) is 0 Å². The smallest absolute Gasteiger partial charge is 0.193 e. The van der Waals surface area contributed by atoms with Crippen LogP contribution >= 0.6 is 24.0 Å². The fraction of sp³-hybridized carbons (Fsp3) is 0.500. The highest BCUT2D eigenvalue weighted by atomic mass is 127. The van der Waals surface area contributed by atoms with Crippen LogP contribution in [0.15, 0.2) is 41.5 Å². The van der Waals surface area contributed by atoms with E-state index in [1.54, 1.807) is 0 Å². The van der Waals surface area contributed by atoms with Crippen LogP contribution in [0.5, 0.6) is 0 Å². The number of benzene rings is 1. The van der Waals surface area contributed by atoms with Gasteiger partial charge < -0.3 is 15.0 Å². The normalized spacial score (nSPS) is 16.9. The first-order valence-corrected chi connectivity index (χ1v) is 9.35. The summed E-state index contributed by atoms with van der Waals surface area (Å²) in [5.41, 5.74) is 3.24. The summed E-state index contributed by atoms with van der Waals surface area (Å²) in [6, 6.07) is 10.3. The van der Waals surface area contributed by atoms with Gasteiger partial charge >= 0.3 is 0 Å². The molecular weight excluding hydrogens is 453 g/mol. The zero-order chi connectivity index (χ0) is 18.4. The minimum atomic E-state index is 0. The number of guanidine groups is 1. The molecule has 1 aromatic heterocycles. The van der Waals surface area contributed by atoms with Crippen LogP contribution in [-0.2, 0) is 11.3 Å². The second-order valence-electron chi connectivity index (χ2n) is 6.81. The molecule has 148 valence electrons. The van der Waals surface area contributed by atoms with E-state index in [4.69, 9.17) is 9.73 Å². The summed E-state index contributed by atoms with van der Waals surface area (Å²) in [4.78, 5) is 7.08. The monoisotopic (exact) mass is 483 g/mol. The Kier molecular flexibility index (Phi) is 8.56. The molecule has 0 bridgehead atoms.